The smallest absolute Gasteiger partial charge is 0.150 e. The zero-order valence-electron chi connectivity index (χ0n) is 10.0. The molecule has 0 radical (unpaired) electrons. The molecule has 0 aliphatic carbocycles. The van der Waals surface area contributed by atoms with Crippen LogP contribution in [0.15, 0.2) is 48.5 Å². The van der Waals surface area contributed by atoms with Crippen molar-refractivity contribution in [2.75, 3.05) is 5.73 Å². The molecule has 0 bridgehead atoms. The van der Waals surface area contributed by atoms with Gasteiger partial charge in [0.2, 0.25) is 0 Å². The fraction of sp³-hybridized carbons (Fsp3) is 0.200. The number of rotatable bonds is 4. The van der Waals surface area contributed by atoms with Crippen LogP contribution in [0.5, 0.6) is 11.5 Å². The topological polar surface area (TPSA) is 35.2 Å². The van der Waals surface area contributed by atoms with E-state index >= 15 is 0 Å². The molecule has 0 aliphatic heterocycles. The molecule has 2 N–H and O–H groups in total. The second kappa shape index (κ2) is 5.39. The van der Waals surface area contributed by atoms with Crippen LogP contribution in [0.1, 0.15) is 18.9 Å². The molecule has 2 aromatic carbocycles. The van der Waals surface area contributed by atoms with Crippen molar-refractivity contribution in [3.63, 3.8) is 0 Å². The Balaban J connectivity index is 2.24. The van der Waals surface area contributed by atoms with Gasteiger partial charge in [0.05, 0.1) is 5.69 Å². The number of aryl methyl sites for hydroxylation is 1. The number of hydrogen-bond acceptors (Lipinski definition) is 2. The molecule has 0 unspecified atom stereocenters. The van der Waals surface area contributed by atoms with E-state index in [-0.39, 0.29) is 0 Å². The van der Waals surface area contributed by atoms with Crippen molar-refractivity contribution >= 4 is 5.69 Å². The van der Waals surface area contributed by atoms with E-state index in [1.54, 1.807) is 0 Å². The Morgan fingerprint density at radius 3 is 2.47 bits per heavy atom. The van der Waals surface area contributed by atoms with Gasteiger partial charge in [-0.15, -0.1) is 0 Å². The Morgan fingerprint density at radius 1 is 1.00 bits per heavy atom. The number of nitrogens with two attached hydrogens (primary N) is 1. The van der Waals surface area contributed by atoms with E-state index in [9.17, 15) is 0 Å². The summed E-state index contributed by atoms with van der Waals surface area (Å²) in [4.78, 5) is 0. The fourth-order valence-corrected chi connectivity index (χ4v) is 1.78. The highest BCUT2D eigenvalue weighted by atomic mass is 16.5. The number of hydrogen-bond donors (Lipinski definition) is 1. The molecule has 0 aromatic heterocycles. The maximum absolute atomic E-state index is 6.09. The minimum Gasteiger partial charge on any atom is -0.455 e. The summed E-state index contributed by atoms with van der Waals surface area (Å²) in [6.45, 7) is 2.14. The van der Waals surface area contributed by atoms with Crippen molar-refractivity contribution in [2.24, 2.45) is 0 Å². The highest BCUT2D eigenvalue weighted by Gasteiger charge is 2.05. The standard InChI is InChI=1S/C15H17NO/c1-2-7-12-8-6-11-14(15(12)16)17-13-9-4-3-5-10-13/h3-6,8-11H,2,7,16H2,1H3. The molecule has 0 saturated heterocycles. The van der Waals surface area contributed by atoms with Crippen molar-refractivity contribution < 1.29 is 4.74 Å². The first-order valence-corrected chi connectivity index (χ1v) is 5.91. The maximum atomic E-state index is 6.09. The van der Waals surface area contributed by atoms with E-state index in [1.807, 2.05) is 42.5 Å². The lowest BCUT2D eigenvalue weighted by atomic mass is 10.1. The summed E-state index contributed by atoms with van der Waals surface area (Å²) in [6, 6.07) is 15.6. The summed E-state index contributed by atoms with van der Waals surface area (Å²) < 4.78 is 5.77. The first-order valence-electron chi connectivity index (χ1n) is 5.91. The van der Waals surface area contributed by atoms with Crippen molar-refractivity contribution in [1.82, 2.24) is 0 Å². The number of anilines is 1. The second-order valence-corrected chi connectivity index (χ2v) is 3.99. The number of benzene rings is 2. The molecule has 2 rings (SSSR count). The van der Waals surface area contributed by atoms with Crippen LogP contribution in [0.3, 0.4) is 0 Å². The van der Waals surface area contributed by atoms with E-state index in [2.05, 4.69) is 13.0 Å². The highest BCUT2D eigenvalue weighted by Crippen LogP contribution is 2.30. The summed E-state index contributed by atoms with van der Waals surface area (Å²) in [5.74, 6) is 1.55. The Kier molecular flexibility index (Phi) is 3.66. The molecule has 88 valence electrons. The van der Waals surface area contributed by atoms with Gasteiger partial charge in [-0.05, 0) is 30.2 Å². The third-order valence-corrected chi connectivity index (χ3v) is 2.65. The third-order valence-electron chi connectivity index (χ3n) is 2.65. The highest BCUT2D eigenvalue weighted by molar-refractivity contribution is 5.59. The average Bonchev–Trinajstić information content (AvgIpc) is 2.36. The normalized spacial score (nSPS) is 10.2. The van der Waals surface area contributed by atoms with E-state index in [4.69, 9.17) is 10.5 Å². The van der Waals surface area contributed by atoms with Crippen molar-refractivity contribution in [1.29, 1.82) is 0 Å². The van der Waals surface area contributed by atoms with Crippen LogP contribution in [-0.2, 0) is 6.42 Å². The Hall–Kier alpha value is -1.96. The molecule has 0 saturated carbocycles. The van der Waals surface area contributed by atoms with Gasteiger partial charge < -0.3 is 10.5 Å². The summed E-state index contributed by atoms with van der Waals surface area (Å²) in [6.07, 6.45) is 2.07. The monoisotopic (exact) mass is 227 g/mol. The van der Waals surface area contributed by atoms with Crippen LogP contribution < -0.4 is 10.5 Å². The molecule has 0 atom stereocenters. The lowest BCUT2D eigenvalue weighted by Crippen LogP contribution is -1.97. The summed E-state index contributed by atoms with van der Waals surface area (Å²) >= 11 is 0. The fourth-order valence-electron chi connectivity index (χ4n) is 1.78. The first kappa shape index (κ1) is 11.5. The second-order valence-electron chi connectivity index (χ2n) is 3.99. The zero-order chi connectivity index (χ0) is 12.1. The average molecular weight is 227 g/mol. The molecule has 2 heteroatoms. The van der Waals surface area contributed by atoms with Crippen LogP contribution in [0.25, 0.3) is 0 Å². The van der Waals surface area contributed by atoms with Gasteiger partial charge in [-0.1, -0.05) is 43.7 Å². The van der Waals surface area contributed by atoms with Gasteiger partial charge >= 0.3 is 0 Å². The summed E-state index contributed by atoms with van der Waals surface area (Å²) in [5.41, 5.74) is 7.99. The molecule has 0 amide bonds. The Bertz CT molecular complexity index is 480. The predicted molar refractivity (Wildman–Crippen MR) is 71.4 cm³/mol. The lowest BCUT2D eigenvalue weighted by molar-refractivity contribution is 0.484. The number of ether oxygens (including phenoxy) is 1. The quantitative estimate of drug-likeness (QED) is 0.801. The molecular weight excluding hydrogens is 210 g/mol. The zero-order valence-corrected chi connectivity index (χ0v) is 10.0. The van der Waals surface area contributed by atoms with Crippen LogP contribution in [0.2, 0.25) is 0 Å². The largest absolute Gasteiger partial charge is 0.455 e. The van der Waals surface area contributed by atoms with Gasteiger partial charge in [0.25, 0.3) is 0 Å². The minimum atomic E-state index is 0.738. The Labute approximate surface area is 102 Å². The molecule has 2 aromatic rings. The van der Waals surface area contributed by atoms with E-state index in [0.29, 0.717) is 0 Å². The summed E-state index contributed by atoms with van der Waals surface area (Å²) in [5, 5.41) is 0. The Morgan fingerprint density at radius 2 is 1.76 bits per heavy atom. The van der Waals surface area contributed by atoms with Gasteiger partial charge in [-0.25, -0.2) is 0 Å². The molecule has 17 heavy (non-hydrogen) atoms. The predicted octanol–water partition coefficient (Wildman–Crippen LogP) is 4.01. The van der Waals surface area contributed by atoms with Gasteiger partial charge in [-0.3, -0.25) is 0 Å². The third kappa shape index (κ3) is 2.78. The first-order chi connectivity index (χ1) is 8.31. The molecule has 2 nitrogen and oxygen atoms in total. The van der Waals surface area contributed by atoms with E-state index in [0.717, 1.165) is 35.6 Å². The number of para-hydroxylation sites is 2. The molecule has 0 spiro atoms. The number of nitrogen functional groups attached to an aromatic ring is 1. The van der Waals surface area contributed by atoms with Crippen LogP contribution in [0.4, 0.5) is 5.69 Å². The van der Waals surface area contributed by atoms with Crippen molar-refractivity contribution in [3.05, 3.63) is 54.1 Å². The SMILES string of the molecule is CCCc1cccc(Oc2ccccc2)c1N. The van der Waals surface area contributed by atoms with Crippen molar-refractivity contribution in [2.45, 2.75) is 19.8 Å². The van der Waals surface area contributed by atoms with Gasteiger partial charge in [0.15, 0.2) is 5.75 Å². The molecular formula is C15H17NO. The van der Waals surface area contributed by atoms with Gasteiger partial charge in [0.1, 0.15) is 5.75 Å². The molecule has 0 aliphatic rings. The van der Waals surface area contributed by atoms with Crippen LogP contribution >= 0.6 is 0 Å². The van der Waals surface area contributed by atoms with Crippen LogP contribution in [0, 0.1) is 0 Å². The molecule has 0 heterocycles. The maximum Gasteiger partial charge on any atom is 0.150 e. The molecule has 0 fully saturated rings. The minimum absolute atomic E-state index is 0.738. The van der Waals surface area contributed by atoms with E-state index < -0.39 is 0 Å². The van der Waals surface area contributed by atoms with Gasteiger partial charge in [0, 0.05) is 0 Å². The van der Waals surface area contributed by atoms with Crippen LogP contribution in [-0.4, -0.2) is 0 Å². The van der Waals surface area contributed by atoms with Gasteiger partial charge in [-0.2, -0.15) is 0 Å². The van der Waals surface area contributed by atoms with E-state index in [1.165, 1.54) is 0 Å². The van der Waals surface area contributed by atoms with Crippen molar-refractivity contribution in [3.8, 4) is 11.5 Å². The lowest BCUT2D eigenvalue weighted by Gasteiger charge is -2.11. The summed E-state index contributed by atoms with van der Waals surface area (Å²) in [7, 11) is 0.